The maximum Gasteiger partial charge on any atom is 0.224 e. The highest BCUT2D eigenvalue weighted by molar-refractivity contribution is 5.79. The molecule has 1 aliphatic heterocycles. The molecule has 0 aromatic carbocycles. The van der Waals surface area contributed by atoms with Crippen LogP contribution >= 0.6 is 0 Å². The van der Waals surface area contributed by atoms with Gasteiger partial charge in [0.1, 0.15) is 0 Å². The summed E-state index contributed by atoms with van der Waals surface area (Å²) in [4.78, 5) is 11.8. The number of piperidine rings is 1. The molecule has 1 rings (SSSR count). The van der Waals surface area contributed by atoms with E-state index in [-0.39, 0.29) is 17.9 Å². The van der Waals surface area contributed by atoms with Crippen molar-refractivity contribution in [2.24, 2.45) is 5.92 Å². The molecular formula is C11H22N2O2. The Kier molecular flexibility index (Phi) is 5.65. The normalized spacial score (nSPS) is 23.5. The Morgan fingerprint density at radius 1 is 1.67 bits per heavy atom. The number of methoxy groups -OCH3 is 1. The number of carbonyl (C=O) groups excluding carboxylic acids is 1. The first-order valence-corrected chi connectivity index (χ1v) is 5.74. The van der Waals surface area contributed by atoms with Crippen LogP contribution in [0.3, 0.4) is 0 Å². The third kappa shape index (κ3) is 4.62. The molecule has 0 saturated carbocycles. The number of ether oxygens (including phenoxy) is 1. The van der Waals surface area contributed by atoms with Crippen molar-refractivity contribution < 1.29 is 9.53 Å². The van der Waals surface area contributed by atoms with Crippen LogP contribution in [0.2, 0.25) is 0 Å². The van der Waals surface area contributed by atoms with Gasteiger partial charge >= 0.3 is 0 Å². The minimum absolute atomic E-state index is 0.156. The van der Waals surface area contributed by atoms with Gasteiger partial charge in [-0.1, -0.05) is 0 Å². The van der Waals surface area contributed by atoms with Crippen molar-refractivity contribution >= 4 is 5.91 Å². The van der Waals surface area contributed by atoms with Gasteiger partial charge in [0.25, 0.3) is 0 Å². The molecule has 2 N–H and O–H groups in total. The Labute approximate surface area is 91.8 Å². The number of hydrogen-bond acceptors (Lipinski definition) is 3. The Bertz CT molecular complexity index is 191. The summed E-state index contributed by atoms with van der Waals surface area (Å²) in [5.74, 6) is 0.342. The van der Waals surface area contributed by atoms with Gasteiger partial charge in [-0.3, -0.25) is 4.79 Å². The zero-order valence-electron chi connectivity index (χ0n) is 9.71. The van der Waals surface area contributed by atoms with Gasteiger partial charge in [0, 0.05) is 26.3 Å². The van der Waals surface area contributed by atoms with E-state index in [4.69, 9.17) is 4.74 Å². The van der Waals surface area contributed by atoms with Gasteiger partial charge in [0.2, 0.25) is 5.91 Å². The summed E-state index contributed by atoms with van der Waals surface area (Å²) in [6, 6.07) is 0.208. The van der Waals surface area contributed by atoms with Crippen LogP contribution in [0.4, 0.5) is 0 Å². The standard InChI is InChI=1S/C11H22N2O2/c1-9(5-7-15-2)13-11(14)10-4-3-6-12-8-10/h9-10,12H,3-8H2,1-2H3,(H,13,14)/t9?,10-/m1/s1. The average molecular weight is 214 g/mol. The minimum Gasteiger partial charge on any atom is -0.385 e. The lowest BCUT2D eigenvalue weighted by molar-refractivity contribution is -0.126. The number of amides is 1. The van der Waals surface area contributed by atoms with Gasteiger partial charge in [-0.25, -0.2) is 0 Å². The maximum absolute atomic E-state index is 11.8. The summed E-state index contributed by atoms with van der Waals surface area (Å²) in [5.41, 5.74) is 0. The molecule has 0 aromatic heterocycles. The lowest BCUT2D eigenvalue weighted by Crippen LogP contribution is -2.43. The van der Waals surface area contributed by atoms with E-state index in [1.807, 2.05) is 6.92 Å². The van der Waals surface area contributed by atoms with E-state index < -0.39 is 0 Å². The first-order chi connectivity index (χ1) is 7.24. The smallest absolute Gasteiger partial charge is 0.224 e. The molecule has 1 unspecified atom stereocenters. The number of nitrogens with one attached hydrogen (secondary N) is 2. The maximum atomic E-state index is 11.8. The first kappa shape index (κ1) is 12.5. The second-order valence-corrected chi connectivity index (χ2v) is 4.23. The van der Waals surface area contributed by atoms with Crippen molar-refractivity contribution in [3.63, 3.8) is 0 Å². The fraction of sp³-hybridized carbons (Fsp3) is 0.909. The van der Waals surface area contributed by atoms with E-state index in [1.54, 1.807) is 7.11 Å². The highest BCUT2D eigenvalue weighted by atomic mass is 16.5. The van der Waals surface area contributed by atoms with E-state index in [0.717, 1.165) is 32.4 Å². The molecule has 0 aliphatic carbocycles. The monoisotopic (exact) mass is 214 g/mol. The Hall–Kier alpha value is -0.610. The van der Waals surface area contributed by atoms with Crippen molar-refractivity contribution in [3.8, 4) is 0 Å². The second kappa shape index (κ2) is 6.80. The molecule has 0 aromatic rings. The van der Waals surface area contributed by atoms with Gasteiger partial charge in [-0.2, -0.15) is 0 Å². The first-order valence-electron chi connectivity index (χ1n) is 5.74. The van der Waals surface area contributed by atoms with Crippen LogP contribution in [0.15, 0.2) is 0 Å². The van der Waals surface area contributed by atoms with Gasteiger partial charge in [-0.05, 0) is 32.7 Å². The molecule has 1 saturated heterocycles. The zero-order chi connectivity index (χ0) is 11.1. The molecule has 4 heteroatoms. The Morgan fingerprint density at radius 2 is 2.47 bits per heavy atom. The van der Waals surface area contributed by atoms with Gasteiger partial charge in [-0.15, -0.1) is 0 Å². The molecule has 1 aliphatic rings. The minimum atomic E-state index is 0.156. The molecule has 15 heavy (non-hydrogen) atoms. The predicted octanol–water partition coefficient (Wildman–Crippen LogP) is 0.527. The van der Waals surface area contributed by atoms with E-state index in [0.29, 0.717) is 6.61 Å². The second-order valence-electron chi connectivity index (χ2n) is 4.23. The van der Waals surface area contributed by atoms with Gasteiger partial charge < -0.3 is 15.4 Å². The Morgan fingerprint density at radius 3 is 3.07 bits per heavy atom. The summed E-state index contributed by atoms with van der Waals surface area (Å²) < 4.78 is 4.98. The lowest BCUT2D eigenvalue weighted by atomic mass is 9.98. The quantitative estimate of drug-likeness (QED) is 0.702. The average Bonchev–Trinajstić information content (AvgIpc) is 2.27. The van der Waals surface area contributed by atoms with Crippen LogP contribution in [0.25, 0.3) is 0 Å². The molecule has 4 nitrogen and oxygen atoms in total. The number of carbonyl (C=O) groups is 1. The fourth-order valence-electron chi connectivity index (χ4n) is 1.80. The third-order valence-corrected chi connectivity index (χ3v) is 2.81. The highest BCUT2D eigenvalue weighted by Crippen LogP contribution is 2.10. The highest BCUT2D eigenvalue weighted by Gasteiger charge is 2.21. The van der Waals surface area contributed by atoms with Gasteiger partial charge in [0.05, 0.1) is 5.92 Å². The van der Waals surface area contributed by atoms with Crippen LogP contribution in [0.1, 0.15) is 26.2 Å². The Balaban J connectivity index is 2.21. The fourth-order valence-corrected chi connectivity index (χ4v) is 1.80. The largest absolute Gasteiger partial charge is 0.385 e. The van der Waals surface area contributed by atoms with Gasteiger partial charge in [0.15, 0.2) is 0 Å². The summed E-state index contributed by atoms with van der Waals surface area (Å²) in [6.07, 6.45) is 2.99. The summed E-state index contributed by atoms with van der Waals surface area (Å²) in [5, 5.41) is 6.27. The van der Waals surface area contributed by atoms with E-state index in [9.17, 15) is 4.79 Å². The molecule has 0 radical (unpaired) electrons. The number of rotatable bonds is 5. The zero-order valence-corrected chi connectivity index (χ0v) is 9.71. The van der Waals surface area contributed by atoms with Crippen LogP contribution in [-0.4, -0.2) is 38.8 Å². The van der Waals surface area contributed by atoms with E-state index >= 15 is 0 Å². The van der Waals surface area contributed by atoms with Crippen LogP contribution in [0, 0.1) is 5.92 Å². The molecule has 0 bridgehead atoms. The SMILES string of the molecule is COCCC(C)NC(=O)[C@@H]1CCCNC1. The topological polar surface area (TPSA) is 50.4 Å². The van der Waals surface area contributed by atoms with Crippen molar-refractivity contribution in [2.75, 3.05) is 26.8 Å². The molecule has 2 atom stereocenters. The van der Waals surface area contributed by atoms with Crippen molar-refractivity contribution in [1.82, 2.24) is 10.6 Å². The van der Waals surface area contributed by atoms with Crippen LogP contribution in [0.5, 0.6) is 0 Å². The predicted molar refractivity (Wildman–Crippen MR) is 59.7 cm³/mol. The molecule has 1 heterocycles. The van der Waals surface area contributed by atoms with Crippen molar-refractivity contribution in [3.05, 3.63) is 0 Å². The number of hydrogen-bond donors (Lipinski definition) is 2. The summed E-state index contributed by atoms with van der Waals surface area (Å²) in [6.45, 7) is 4.59. The van der Waals surface area contributed by atoms with Crippen LogP contribution < -0.4 is 10.6 Å². The third-order valence-electron chi connectivity index (χ3n) is 2.81. The molecular weight excluding hydrogens is 192 g/mol. The summed E-state index contributed by atoms with van der Waals surface area (Å²) >= 11 is 0. The van der Waals surface area contributed by atoms with Crippen molar-refractivity contribution in [2.45, 2.75) is 32.2 Å². The van der Waals surface area contributed by atoms with E-state index in [1.165, 1.54) is 0 Å². The molecule has 1 fully saturated rings. The lowest BCUT2D eigenvalue weighted by Gasteiger charge is -2.23. The molecule has 88 valence electrons. The summed E-state index contributed by atoms with van der Waals surface area (Å²) in [7, 11) is 1.68. The molecule has 0 spiro atoms. The van der Waals surface area contributed by atoms with Crippen LogP contribution in [-0.2, 0) is 9.53 Å². The van der Waals surface area contributed by atoms with E-state index in [2.05, 4.69) is 10.6 Å². The molecule has 1 amide bonds. The van der Waals surface area contributed by atoms with Crippen molar-refractivity contribution in [1.29, 1.82) is 0 Å².